The number of hydrogen-bond acceptors (Lipinski definition) is 3. The lowest BCUT2D eigenvalue weighted by Gasteiger charge is -2.09. The number of carbonyl (C=O) groups is 1. The van der Waals surface area contributed by atoms with Crippen LogP contribution in [0.15, 0.2) is 48.5 Å². The third-order valence-corrected chi connectivity index (χ3v) is 4.38. The van der Waals surface area contributed by atoms with Gasteiger partial charge >= 0.3 is 6.03 Å². The van der Waals surface area contributed by atoms with Gasteiger partial charge in [-0.3, -0.25) is 10.4 Å². The zero-order chi connectivity index (χ0) is 22.8. The summed E-state index contributed by atoms with van der Waals surface area (Å²) < 4.78 is 72.2. The maximum atomic E-state index is 13.7. The summed E-state index contributed by atoms with van der Waals surface area (Å²) in [6.07, 6.45) is 0. The molecular weight excluding hydrogens is 435 g/mol. The van der Waals surface area contributed by atoms with E-state index in [1.807, 2.05) is 0 Å². The molecule has 0 aliphatic heterocycles. The number of fused-ring (bicyclic) bond motifs is 1. The van der Waals surface area contributed by atoms with Gasteiger partial charge in [0.05, 0.1) is 11.2 Å². The number of H-pyrrole nitrogens is 1. The van der Waals surface area contributed by atoms with E-state index < -0.39 is 40.8 Å². The predicted octanol–water partition coefficient (Wildman–Crippen LogP) is 5.48. The largest absolute Gasteiger partial charge is 0.489 e. The zero-order valence-electron chi connectivity index (χ0n) is 16.0. The molecule has 6 nitrogen and oxygen atoms in total. The highest BCUT2D eigenvalue weighted by Crippen LogP contribution is 2.26. The fraction of sp³-hybridized carbons (Fsp3) is 0.0476. The second kappa shape index (κ2) is 8.53. The van der Waals surface area contributed by atoms with E-state index in [4.69, 9.17) is 4.74 Å². The van der Waals surface area contributed by atoms with Gasteiger partial charge in [0.2, 0.25) is 0 Å². The van der Waals surface area contributed by atoms with Crippen LogP contribution in [-0.2, 0) is 6.61 Å². The van der Waals surface area contributed by atoms with Crippen molar-refractivity contribution in [3.8, 4) is 5.75 Å². The van der Waals surface area contributed by atoms with Gasteiger partial charge in [-0.25, -0.2) is 26.7 Å². The van der Waals surface area contributed by atoms with Crippen molar-refractivity contribution in [3.63, 3.8) is 0 Å². The number of rotatable bonds is 5. The van der Waals surface area contributed by atoms with Crippen molar-refractivity contribution >= 4 is 28.4 Å². The molecule has 4 rings (SSSR count). The van der Waals surface area contributed by atoms with Crippen LogP contribution in [0.3, 0.4) is 0 Å². The number of amides is 2. The van der Waals surface area contributed by atoms with Gasteiger partial charge in [-0.1, -0.05) is 0 Å². The van der Waals surface area contributed by atoms with Gasteiger partial charge in [-0.05, 0) is 48.0 Å². The molecule has 0 fully saturated rings. The van der Waals surface area contributed by atoms with Crippen LogP contribution in [0.4, 0.5) is 38.3 Å². The molecule has 0 radical (unpaired) electrons. The molecular formula is C21H13F5N4O2. The standard InChI is InChI=1S/C21H13F5N4O2/c22-11-5-10(6-12(23)7-11)9-32-13-1-3-16-14(8-13)20(30-29-16)28-21(31)27-17-4-2-15(24)18(25)19(17)26/h1-8H,9H2,(H3,27,28,29,30,31). The smallest absolute Gasteiger partial charge is 0.324 e. The summed E-state index contributed by atoms with van der Waals surface area (Å²) in [6, 6.07) is 8.30. The highest BCUT2D eigenvalue weighted by molar-refractivity contribution is 6.04. The fourth-order valence-electron chi connectivity index (χ4n) is 2.92. The topological polar surface area (TPSA) is 79.0 Å². The number of aromatic amines is 1. The van der Waals surface area contributed by atoms with E-state index in [1.165, 1.54) is 6.07 Å². The lowest BCUT2D eigenvalue weighted by molar-refractivity contribution is 0.262. The molecule has 0 saturated heterocycles. The molecule has 0 saturated carbocycles. The van der Waals surface area contributed by atoms with Crippen LogP contribution in [-0.4, -0.2) is 16.2 Å². The predicted molar refractivity (Wildman–Crippen MR) is 106 cm³/mol. The lowest BCUT2D eigenvalue weighted by atomic mass is 10.2. The molecule has 164 valence electrons. The van der Waals surface area contributed by atoms with Crippen molar-refractivity contribution in [1.29, 1.82) is 0 Å². The highest BCUT2D eigenvalue weighted by Gasteiger charge is 2.16. The summed E-state index contributed by atoms with van der Waals surface area (Å²) in [5.74, 6) is -5.75. The van der Waals surface area contributed by atoms with Crippen molar-refractivity contribution in [3.05, 3.63) is 83.2 Å². The monoisotopic (exact) mass is 448 g/mol. The number of carbonyl (C=O) groups excluding carboxylic acids is 1. The van der Waals surface area contributed by atoms with Crippen LogP contribution in [0, 0.1) is 29.1 Å². The average molecular weight is 448 g/mol. The minimum atomic E-state index is -1.71. The molecule has 0 unspecified atom stereocenters. The summed E-state index contributed by atoms with van der Waals surface area (Å²) in [4.78, 5) is 12.2. The van der Waals surface area contributed by atoms with Crippen LogP contribution in [0.25, 0.3) is 10.9 Å². The Hall–Kier alpha value is -4.15. The molecule has 0 bridgehead atoms. The number of hydrogen-bond donors (Lipinski definition) is 3. The van der Waals surface area contributed by atoms with Crippen LogP contribution >= 0.6 is 0 Å². The summed E-state index contributed by atoms with van der Waals surface area (Å²) in [5, 5.41) is 11.4. The molecule has 0 aliphatic rings. The SMILES string of the molecule is O=C(Nc1ccc(F)c(F)c1F)Nc1n[nH]c2ccc(OCc3cc(F)cc(F)c3)cc12. The highest BCUT2D eigenvalue weighted by atomic mass is 19.2. The zero-order valence-corrected chi connectivity index (χ0v) is 16.0. The van der Waals surface area contributed by atoms with E-state index in [9.17, 15) is 26.7 Å². The molecule has 4 aromatic rings. The van der Waals surface area contributed by atoms with Crippen molar-refractivity contribution in [2.45, 2.75) is 6.61 Å². The molecule has 3 aromatic carbocycles. The Bertz CT molecular complexity index is 1310. The van der Waals surface area contributed by atoms with Crippen molar-refractivity contribution in [2.24, 2.45) is 0 Å². The normalized spacial score (nSPS) is 10.9. The third-order valence-electron chi connectivity index (χ3n) is 4.38. The first kappa shape index (κ1) is 21.1. The Balaban J connectivity index is 1.49. The number of benzene rings is 3. The molecule has 1 heterocycles. The Morgan fingerprint density at radius 2 is 1.66 bits per heavy atom. The molecule has 11 heteroatoms. The Morgan fingerprint density at radius 3 is 2.41 bits per heavy atom. The number of nitrogens with one attached hydrogen (secondary N) is 3. The van der Waals surface area contributed by atoms with Gasteiger partial charge in [-0.15, -0.1) is 0 Å². The fourth-order valence-corrected chi connectivity index (χ4v) is 2.92. The number of halogens is 5. The quantitative estimate of drug-likeness (QED) is 0.279. The van der Waals surface area contributed by atoms with Gasteiger partial charge in [0.1, 0.15) is 24.0 Å². The minimum Gasteiger partial charge on any atom is -0.489 e. The number of nitrogens with zero attached hydrogens (tertiary/aromatic N) is 1. The van der Waals surface area contributed by atoms with Gasteiger partial charge in [-0.2, -0.15) is 5.10 Å². The molecule has 0 spiro atoms. The molecule has 2 amide bonds. The maximum absolute atomic E-state index is 13.7. The second-order valence-corrected chi connectivity index (χ2v) is 6.65. The Morgan fingerprint density at radius 1 is 0.906 bits per heavy atom. The van der Waals surface area contributed by atoms with Crippen LogP contribution in [0.2, 0.25) is 0 Å². The minimum absolute atomic E-state index is 0.0442. The van der Waals surface area contributed by atoms with Crippen molar-refractivity contribution in [1.82, 2.24) is 10.2 Å². The van der Waals surface area contributed by atoms with E-state index in [1.54, 1.807) is 12.1 Å². The number of ether oxygens (including phenoxy) is 1. The second-order valence-electron chi connectivity index (χ2n) is 6.65. The van der Waals surface area contributed by atoms with Crippen LogP contribution < -0.4 is 15.4 Å². The first-order valence-corrected chi connectivity index (χ1v) is 9.07. The maximum Gasteiger partial charge on any atom is 0.324 e. The first-order valence-electron chi connectivity index (χ1n) is 9.07. The van der Waals surface area contributed by atoms with Crippen LogP contribution in [0.5, 0.6) is 5.75 Å². The summed E-state index contributed by atoms with van der Waals surface area (Å²) in [6.45, 7) is -0.114. The van der Waals surface area contributed by atoms with Crippen LogP contribution in [0.1, 0.15) is 5.56 Å². The summed E-state index contributed by atoms with van der Waals surface area (Å²) in [7, 11) is 0. The third kappa shape index (κ3) is 4.46. The first-order chi connectivity index (χ1) is 15.3. The van der Waals surface area contributed by atoms with Gasteiger partial charge in [0, 0.05) is 11.5 Å². The van der Waals surface area contributed by atoms with Crippen molar-refractivity contribution in [2.75, 3.05) is 10.6 Å². The summed E-state index contributed by atoms with van der Waals surface area (Å²) in [5.41, 5.74) is 0.233. The van der Waals surface area contributed by atoms with E-state index in [0.29, 0.717) is 22.7 Å². The van der Waals surface area contributed by atoms with E-state index in [0.717, 1.165) is 24.3 Å². The molecule has 32 heavy (non-hydrogen) atoms. The van der Waals surface area contributed by atoms with Crippen molar-refractivity contribution < 1.29 is 31.5 Å². The average Bonchev–Trinajstić information content (AvgIpc) is 3.14. The van der Waals surface area contributed by atoms with E-state index in [-0.39, 0.29) is 18.0 Å². The van der Waals surface area contributed by atoms with E-state index in [2.05, 4.69) is 20.8 Å². The van der Waals surface area contributed by atoms with Gasteiger partial charge in [0.15, 0.2) is 23.3 Å². The lowest BCUT2D eigenvalue weighted by Crippen LogP contribution is -2.21. The van der Waals surface area contributed by atoms with E-state index >= 15 is 0 Å². The molecule has 3 N–H and O–H groups in total. The van der Waals surface area contributed by atoms with Gasteiger partial charge < -0.3 is 10.1 Å². The molecule has 1 aromatic heterocycles. The molecule has 0 atom stereocenters. The van der Waals surface area contributed by atoms with Gasteiger partial charge in [0.25, 0.3) is 0 Å². The number of anilines is 2. The molecule has 0 aliphatic carbocycles. The Kier molecular flexibility index (Phi) is 5.63. The Labute approximate surface area is 177 Å². The summed E-state index contributed by atoms with van der Waals surface area (Å²) >= 11 is 0. The number of aromatic nitrogens is 2. The number of urea groups is 1.